The molecule has 1 saturated heterocycles. The van der Waals surface area contributed by atoms with Crippen LogP contribution in [0.1, 0.15) is 15.9 Å². The van der Waals surface area contributed by atoms with Crippen LogP contribution in [0.3, 0.4) is 0 Å². The van der Waals surface area contributed by atoms with E-state index in [2.05, 4.69) is 15.3 Å². The van der Waals surface area contributed by atoms with Crippen molar-refractivity contribution in [2.75, 3.05) is 55.5 Å². The molecule has 1 aliphatic rings. The molecular formula is C18H20F3N5O2. The van der Waals surface area contributed by atoms with Crippen molar-refractivity contribution < 1.29 is 22.7 Å². The number of carbonyl (C=O) groups is 1. The second kappa shape index (κ2) is 8.01. The molecule has 10 heteroatoms. The van der Waals surface area contributed by atoms with E-state index in [9.17, 15) is 18.0 Å². The maximum Gasteiger partial charge on any atom is 0.417 e. The fraction of sp³-hybridized carbons (Fsp3) is 0.389. The number of halogens is 3. The molecule has 0 bridgehead atoms. The van der Waals surface area contributed by atoms with Crippen LogP contribution in [0.4, 0.5) is 30.6 Å². The number of alkyl halides is 3. The molecule has 2 aromatic rings. The first-order valence-electron chi connectivity index (χ1n) is 8.62. The van der Waals surface area contributed by atoms with E-state index in [-0.39, 0.29) is 5.69 Å². The van der Waals surface area contributed by atoms with Crippen molar-refractivity contribution in [2.45, 2.75) is 6.18 Å². The number of nitrogens with one attached hydrogen (secondary N) is 1. The first-order chi connectivity index (χ1) is 13.3. The molecule has 0 unspecified atom stereocenters. The van der Waals surface area contributed by atoms with Gasteiger partial charge in [0.25, 0.3) is 5.91 Å². The maximum absolute atomic E-state index is 13.2. The van der Waals surface area contributed by atoms with Crippen molar-refractivity contribution in [1.82, 2.24) is 9.97 Å². The Morgan fingerprint density at radius 2 is 1.89 bits per heavy atom. The van der Waals surface area contributed by atoms with Gasteiger partial charge in [-0.2, -0.15) is 18.2 Å². The fourth-order valence-electron chi connectivity index (χ4n) is 2.83. The van der Waals surface area contributed by atoms with E-state index >= 15 is 0 Å². The number of rotatable bonds is 4. The molecule has 0 atom stereocenters. The quantitative estimate of drug-likeness (QED) is 0.858. The predicted octanol–water partition coefficient (Wildman–Crippen LogP) is 2.65. The number of hydrogen-bond acceptors (Lipinski definition) is 6. The van der Waals surface area contributed by atoms with E-state index < -0.39 is 23.2 Å². The summed E-state index contributed by atoms with van der Waals surface area (Å²) in [6.45, 7) is 2.40. The topological polar surface area (TPSA) is 70.6 Å². The van der Waals surface area contributed by atoms with Crippen LogP contribution in [0.25, 0.3) is 0 Å². The average molecular weight is 395 g/mol. The summed E-state index contributed by atoms with van der Waals surface area (Å²) in [5, 5.41) is 2.50. The van der Waals surface area contributed by atoms with Crippen molar-refractivity contribution in [1.29, 1.82) is 0 Å². The molecule has 1 aromatic heterocycles. The third-order valence-electron chi connectivity index (χ3n) is 4.20. The Morgan fingerprint density at radius 3 is 2.54 bits per heavy atom. The minimum Gasteiger partial charge on any atom is -0.378 e. The molecule has 0 aliphatic carbocycles. The lowest BCUT2D eigenvalue weighted by molar-refractivity contribution is -0.137. The molecule has 0 spiro atoms. The van der Waals surface area contributed by atoms with Gasteiger partial charge in [-0.1, -0.05) is 12.1 Å². The minimum atomic E-state index is -4.63. The summed E-state index contributed by atoms with van der Waals surface area (Å²) in [6.07, 6.45) is -3.23. The van der Waals surface area contributed by atoms with Crippen molar-refractivity contribution in [3.8, 4) is 0 Å². The van der Waals surface area contributed by atoms with Crippen LogP contribution in [0.15, 0.2) is 30.5 Å². The van der Waals surface area contributed by atoms with Crippen molar-refractivity contribution in [3.05, 3.63) is 41.6 Å². The van der Waals surface area contributed by atoms with Crippen molar-refractivity contribution in [2.24, 2.45) is 0 Å². The Bertz CT molecular complexity index is 851. The Labute approximate surface area is 160 Å². The fourth-order valence-corrected chi connectivity index (χ4v) is 2.83. The van der Waals surface area contributed by atoms with Gasteiger partial charge in [0, 0.05) is 27.2 Å². The van der Waals surface area contributed by atoms with Crippen LogP contribution >= 0.6 is 0 Å². The second-order valence-corrected chi connectivity index (χ2v) is 6.40. The predicted molar refractivity (Wildman–Crippen MR) is 98.8 cm³/mol. The summed E-state index contributed by atoms with van der Waals surface area (Å²) in [5.41, 5.74) is -1.23. The number of carbonyl (C=O) groups excluding carboxylic acids is 1. The molecule has 7 nitrogen and oxygen atoms in total. The summed E-state index contributed by atoms with van der Waals surface area (Å²) in [4.78, 5) is 24.9. The second-order valence-electron chi connectivity index (χ2n) is 6.40. The molecule has 1 N–H and O–H groups in total. The van der Waals surface area contributed by atoms with E-state index in [1.54, 1.807) is 19.0 Å². The molecule has 1 amide bonds. The molecular weight excluding hydrogens is 375 g/mol. The molecule has 28 heavy (non-hydrogen) atoms. The zero-order chi connectivity index (χ0) is 20.3. The van der Waals surface area contributed by atoms with Crippen LogP contribution in [-0.4, -0.2) is 56.3 Å². The number of nitrogens with zero attached hydrogens (tertiary/aromatic N) is 4. The van der Waals surface area contributed by atoms with Gasteiger partial charge in [0.05, 0.1) is 30.5 Å². The first kappa shape index (κ1) is 19.9. The molecule has 0 saturated carbocycles. The van der Waals surface area contributed by atoms with Crippen molar-refractivity contribution >= 4 is 23.4 Å². The first-order valence-corrected chi connectivity index (χ1v) is 8.62. The lowest BCUT2D eigenvalue weighted by atomic mass is 10.1. The van der Waals surface area contributed by atoms with Gasteiger partial charge in [-0.05, 0) is 12.1 Å². The van der Waals surface area contributed by atoms with Gasteiger partial charge in [-0.3, -0.25) is 4.79 Å². The molecule has 2 heterocycles. The number of benzene rings is 1. The Morgan fingerprint density at radius 1 is 1.21 bits per heavy atom. The SMILES string of the molecule is CN(C)c1nc(N2CCOCC2)ncc1NC(=O)c1ccccc1C(F)(F)F. The van der Waals surface area contributed by atoms with Gasteiger partial charge in [0.15, 0.2) is 5.82 Å². The normalized spacial score (nSPS) is 14.7. The highest BCUT2D eigenvalue weighted by Gasteiger charge is 2.35. The van der Waals surface area contributed by atoms with Gasteiger partial charge in [-0.25, -0.2) is 4.98 Å². The number of anilines is 3. The lowest BCUT2D eigenvalue weighted by Crippen LogP contribution is -2.37. The highest BCUT2D eigenvalue weighted by atomic mass is 19.4. The monoisotopic (exact) mass is 395 g/mol. The van der Waals surface area contributed by atoms with Crippen LogP contribution in [0.5, 0.6) is 0 Å². The Kier molecular flexibility index (Phi) is 5.68. The van der Waals surface area contributed by atoms with E-state index in [1.165, 1.54) is 18.3 Å². The van der Waals surface area contributed by atoms with Crippen LogP contribution in [0, 0.1) is 0 Å². The molecule has 3 rings (SSSR count). The summed E-state index contributed by atoms with van der Waals surface area (Å²) in [7, 11) is 3.45. The van der Waals surface area contributed by atoms with Gasteiger partial charge in [-0.15, -0.1) is 0 Å². The lowest BCUT2D eigenvalue weighted by Gasteiger charge is -2.28. The average Bonchev–Trinajstić information content (AvgIpc) is 2.68. The van der Waals surface area contributed by atoms with Crippen LogP contribution in [0.2, 0.25) is 0 Å². The molecule has 1 fully saturated rings. The third kappa shape index (κ3) is 4.33. The standard InChI is InChI=1S/C18H20F3N5O2/c1-25(2)15-14(11-22-17(24-15)26-7-9-28-10-8-26)23-16(27)12-5-3-4-6-13(12)18(19,20)21/h3-6,11H,7-10H2,1-2H3,(H,23,27). The zero-order valence-electron chi connectivity index (χ0n) is 15.5. The molecule has 150 valence electrons. The van der Waals surface area contributed by atoms with Gasteiger partial charge >= 0.3 is 6.18 Å². The number of morpholine rings is 1. The minimum absolute atomic E-state index is 0.226. The maximum atomic E-state index is 13.2. The number of aromatic nitrogens is 2. The van der Waals surface area contributed by atoms with Crippen LogP contribution < -0.4 is 15.1 Å². The van der Waals surface area contributed by atoms with Crippen LogP contribution in [-0.2, 0) is 10.9 Å². The summed E-state index contributed by atoms with van der Waals surface area (Å²) in [6, 6.07) is 4.64. The Balaban J connectivity index is 1.89. The Hall–Kier alpha value is -2.88. The van der Waals surface area contributed by atoms with Gasteiger partial charge in [0.1, 0.15) is 5.69 Å². The van der Waals surface area contributed by atoms with E-state index in [0.29, 0.717) is 38.1 Å². The molecule has 1 aliphatic heterocycles. The highest BCUT2D eigenvalue weighted by Crippen LogP contribution is 2.32. The molecule has 0 radical (unpaired) electrons. The molecule has 1 aromatic carbocycles. The van der Waals surface area contributed by atoms with E-state index in [0.717, 1.165) is 12.1 Å². The highest BCUT2D eigenvalue weighted by molar-refractivity contribution is 6.06. The van der Waals surface area contributed by atoms with Crippen molar-refractivity contribution in [3.63, 3.8) is 0 Å². The summed E-state index contributed by atoms with van der Waals surface area (Å²) >= 11 is 0. The smallest absolute Gasteiger partial charge is 0.378 e. The zero-order valence-corrected chi connectivity index (χ0v) is 15.5. The van der Waals surface area contributed by atoms with Gasteiger partial charge < -0.3 is 19.9 Å². The van der Waals surface area contributed by atoms with Gasteiger partial charge in [0.2, 0.25) is 5.95 Å². The summed E-state index contributed by atoms with van der Waals surface area (Å²) < 4.78 is 44.9. The largest absolute Gasteiger partial charge is 0.417 e. The van der Waals surface area contributed by atoms with E-state index in [4.69, 9.17) is 4.74 Å². The third-order valence-corrected chi connectivity index (χ3v) is 4.20. The number of hydrogen-bond donors (Lipinski definition) is 1. The van der Waals surface area contributed by atoms with E-state index in [1.807, 2.05) is 4.90 Å². The number of amides is 1. The summed E-state index contributed by atoms with van der Waals surface area (Å²) in [5.74, 6) is -0.00577. The number of ether oxygens (including phenoxy) is 1.